The molecule has 4 nitrogen and oxygen atoms in total. The molecule has 2 amide bonds. The van der Waals surface area contributed by atoms with Crippen LogP contribution in [0.15, 0.2) is 41.8 Å². The molecule has 0 spiro atoms. The smallest absolute Gasteiger partial charge is 0.315 e. The van der Waals surface area contributed by atoms with Crippen molar-refractivity contribution in [2.24, 2.45) is 5.92 Å². The van der Waals surface area contributed by atoms with Gasteiger partial charge in [0.1, 0.15) is 5.75 Å². The second kappa shape index (κ2) is 7.51. The first-order valence-corrected chi connectivity index (χ1v) is 8.85. The van der Waals surface area contributed by atoms with Crippen molar-refractivity contribution in [1.82, 2.24) is 10.6 Å². The number of methoxy groups -OCH3 is 1. The number of urea groups is 1. The van der Waals surface area contributed by atoms with Crippen molar-refractivity contribution in [3.8, 4) is 5.75 Å². The molecule has 0 saturated heterocycles. The molecule has 1 saturated carbocycles. The fourth-order valence-electron chi connectivity index (χ4n) is 2.66. The van der Waals surface area contributed by atoms with E-state index in [4.69, 9.17) is 4.74 Å². The van der Waals surface area contributed by atoms with Crippen LogP contribution in [-0.4, -0.2) is 19.7 Å². The lowest BCUT2D eigenvalue weighted by atomic mass is 10.0. The highest BCUT2D eigenvalue weighted by atomic mass is 32.1. The number of benzene rings is 1. The summed E-state index contributed by atoms with van der Waals surface area (Å²) >= 11 is 1.72. The van der Waals surface area contributed by atoms with Gasteiger partial charge in [-0.05, 0) is 54.3 Å². The third-order valence-electron chi connectivity index (χ3n) is 4.09. The zero-order chi connectivity index (χ0) is 16.1. The first kappa shape index (κ1) is 15.9. The van der Waals surface area contributed by atoms with Crippen LogP contribution in [0.2, 0.25) is 0 Å². The molecular weight excluding hydrogens is 308 g/mol. The Labute approximate surface area is 140 Å². The number of hydrogen-bond acceptors (Lipinski definition) is 3. The summed E-state index contributed by atoms with van der Waals surface area (Å²) in [4.78, 5) is 13.5. The Kier molecular flexibility index (Phi) is 5.18. The maximum absolute atomic E-state index is 12.2. The van der Waals surface area contributed by atoms with E-state index < -0.39 is 0 Å². The molecule has 1 aromatic heterocycles. The number of nitrogens with one attached hydrogen (secondary N) is 2. The van der Waals surface area contributed by atoms with E-state index in [-0.39, 0.29) is 12.1 Å². The van der Waals surface area contributed by atoms with Gasteiger partial charge in [-0.2, -0.15) is 0 Å². The minimum Gasteiger partial charge on any atom is -0.497 e. The van der Waals surface area contributed by atoms with Gasteiger partial charge < -0.3 is 15.4 Å². The van der Waals surface area contributed by atoms with Crippen molar-refractivity contribution in [2.45, 2.75) is 25.3 Å². The Morgan fingerprint density at radius 3 is 2.70 bits per heavy atom. The highest BCUT2D eigenvalue weighted by Gasteiger charge is 2.33. The molecule has 5 heteroatoms. The number of carbonyl (C=O) groups is 1. The molecule has 0 bridgehead atoms. The van der Waals surface area contributed by atoms with Crippen LogP contribution in [0.3, 0.4) is 0 Å². The van der Waals surface area contributed by atoms with Gasteiger partial charge in [-0.25, -0.2) is 4.79 Å². The molecule has 3 rings (SSSR count). The minimum atomic E-state index is -0.0886. The van der Waals surface area contributed by atoms with Crippen molar-refractivity contribution in [1.29, 1.82) is 0 Å². The molecule has 2 aromatic rings. The van der Waals surface area contributed by atoms with E-state index in [9.17, 15) is 4.79 Å². The SMILES string of the molecule is COc1ccc(C(NC(=O)NCCc2cccs2)C2CC2)cc1. The molecule has 1 atom stereocenters. The van der Waals surface area contributed by atoms with Crippen LogP contribution in [0.4, 0.5) is 4.79 Å². The largest absolute Gasteiger partial charge is 0.497 e. The standard InChI is InChI=1S/C18H22N2O2S/c1-22-15-8-6-14(7-9-15)17(13-4-5-13)20-18(21)19-11-10-16-3-2-12-23-16/h2-3,6-9,12-13,17H,4-5,10-11H2,1H3,(H2,19,20,21). The van der Waals surface area contributed by atoms with Gasteiger partial charge >= 0.3 is 6.03 Å². The molecule has 1 heterocycles. The van der Waals surface area contributed by atoms with Crippen LogP contribution in [0, 0.1) is 5.92 Å². The summed E-state index contributed by atoms with van der Waals surface area (Å²) in [6, 6.07) is 12.1. The highest BCUT2D eigenvalue weighted by molar-refractivity contribution is 7.09. The number of rotatable bonds is 7. The Balaban J connectivity index is 1.53. The van der Waals surface area contributed by atoms with Crippen LogP contribution in [0.5, 0.6) is 5.75 Å². The molecule has 1 aromatic carbocycles. The molecule has 0 radical (unpaired) electrons. The predicted octanol–water partition coefficient (Wildman–Crippen LogP) is 3.75. The van der Waals surface area contributed by atoms with Crippen LogP contribution in [-0.2, 0) is 6.42 Å². The average molecular weight is 330 g/mol. The maximum atomic E-state index is 12.2. The van der Waals surface area contributed by atoms with E-state index in [1.54, 1.807) is 18.4 Å². The first-order valence-electron chi connectivity index (χ1n) is 7.97. The van der Waals surface area contributed by atoms with Gasteiger partial charge in [0.05, 0.1) is 13.2 Å². The van der Waals surface area contributed by atoms with Crippen molar-refractivity contribution in [3.63, 3.8) is 0 Å². The fourth-order valence-corrected chi connectivity index (χ4v) is 3.37. The molecule has 1 aliphatic carbocycles. The lowest BCUT2D eigenvalue weighted by Crippen LogP contribution is -2.39. The van der Waals surface area contributed by atoms with Crippen LogP contribution in [0.1, 0.15) is 29.3 Å². The summed E-state index contributed by atoms with van der Waals surface area (Å²) < 4.78 is 5.20. The molecule has 1 unspecified atom stereocenters. The van der Waals surface area contributed by atoms with Gasteiger partial charge in [-0.3, -0.25) is 0 Å². The first-order chi connectivity index (χ1) is 11.3. The van der Waals surface area contributed by atoms with E-state index in [0.29, 0.717) is 12.5 Å². The summed E-state index contributed by atoms with van der Waals surface area (Å²) in [6.07, 6.45) is 3.22. The number of thiophene rings is 1. The maximum Gasteiger partial charge on any atom is 0.315 e. The van der Waals surface area contributed by atoms with Crippen molar-refractivity contribution in [3.05, 3.63) is 52.2 Å². The van der Waals surface area contributed by atoms with Gasteiger partial charge in [-0.15, -0.1) is 11.3 Å². The van der Waals surface area contributed by atoms with Crippen molar-refractivity contribution in [2.75, 3.05) is 13.7 Å². The van der Waals surface area contributed by atoms with E-state index in [1.807, 2.05) is 30.3 Å². The van der Waals surface area contributed by atoms with Crippen LogP contribution in [0.25, 0.3) is 0 Å². The number of ether oxygens (including phenoxy) is 1. The van der Waals surface area contributed by atoms with Crippen LogP contribution >= 0.6 is 11.3 Å². The van der Waals surface area contributed by atoms with Gasteiger partial charge in [0.15, 0.2) is 0 Å². The second-order valence-electron chi connectivity index (χ2n) is 5.82. The zero-order valence-electron chi connectivity index (χ0n) is 13.2. The van der Waals surface area contributed by atoms with Gasteiger partial charge in [0, 0.05) is 11.4 Å². The van der Waals surface area contributed by atoms with Gasteiger partial charge in [0.25, 0.3) is 0 Å². The monoisotopic (exact) mass is 330 g/mol. The third-order valence-corrected chi connectivity index (χ3v) is 5.03. The summed E-state index contributed by atoms with van der Waals surface area (Å²) in [5.74, 6) is 1.38. The molecule has 0 aliphatic heterocycles. The fraction of sp³-hybridized carbons (Fsp3) is 0.389. The quantitative estimate of drug-likeness (QED) is 0.812. The Morgan fingerprint density at radius 1 is 1.30 bits per heavy atom. The van der Waals surface area contributed by atoms with E-state index >= 15 is 0 Å². The zero-order valence-corrected chi connectivity index (χ0v) is 14.1. The molecule has 122 valence electrons. The van der Waals surface area contributed by atoms with E-state index in [2.05, 4.69) is 22.1 Å². The summed E-state index contributed by atoms with van der Waals surface area (Å²) in [5.41, 5.74) is 1.14. The number of carbonyl (C=O) groups excluding carboxylic acids is 1. The molecule has 1 fully saturated rings. The Morgan fingerprint density at radius 2 is 2.09 bits per heavy atom. The normalized spacial score (nSPS) is 15.0. The molecule has 1 aliphatic rings. The van der Waals surface area contributed by atoms with Crippen LogP contribution < -0.4 is 15.4 Å². The lowest BCUT2D eigenvalue weighted by molar-refractivity contribution is 0.235. The van der Waals surface area contributed by atoms with E-state index in [0.717, 1.165) is 17.7 Å². The Bertz CT molecular complexity index is 621. The minimum absolute atomic E-state index is 0.0858. The van der Waals surface area contributed by atoms with Crippen molar-refractivity contribution < 1.29 is 9.53 Å². The highest BCUT2D eigenvalue weighted by Crippen LogP contribution is 2.41. The summed E-state index contributed by atoms with van der Waals surface area (Å²) in [7, 11) is 1.66. The molecular formula is C18H22N2O2S. The lowest BCUT2D eigenvalue weighted by Gasteiger charge is -2.19. The second-order valence-corrected chi connectivity index (χ2v) is 6.85. The Hall–Kier alpha value is -2.01. The summed E-state index contributed by atoms with van der Waals surface area (Å²) in [5, 5.41) is 8.14. The molecule has 2 N–H and O–H groups in total. The number of hydrogen-bond donors (Lipinski definition) is 2. The average Bonchev–Trinajstić information content (AvgIpc) is 3.29. The number of amides is 2. The van der Waals surface area contributed by atoms with Gasteiger partial charge in [-0.1, -0.05) is 18.2 Å². The van der Waals surface area contributed by atoms with E-state index in [1.165, 1.54) is 17.7 Å². The molecule has 23 heavy (non-hydrogen) atoms. The topological polar surface area (TPSA) is 50.4 Å². The van der Waals surface area contributed by atoms with Gasteiger partial charge in [0.2, 0.25) is 0 Å². The van der Waals surface area contributed by atoms with Crippen molar-refractivity contribution >= 4 is 17.4 Å². The third kappa shape index (κ3) is 4.48. The predicted molar refractivity (Wildman–Crippen MR) is 93.0 cm³/mol. The summed E-state index contributed by atoms with van der Waals surface area (Å²) in [6.45, 7) is 0.659.